The van der Waals surface area contributed by atoms with Crippen molar-refractivity contribution in [3.05, 3.63) is 78.8 Å². The van der Waals surface area contributed by atoms with Gasteiger partial charge in [-0.3, -0.25) is 0 Å². The zero-order chi connectivity index (χ0) is 27.1. The number of likely N-dealkylation sites (tertiary alicyclic amines) is 1. The number of thiol groups is 1. The summed E-state index contributed by atoms with van der Waals surface area (Å²) in [4.78, 5) is 22.3. The summed E-state index contributed by atoms with van der Waals surface area (Å²) in [5.74, 6) is 0.756. The standard InChI is InChI=1S/C28H31N5O3S2/c1-31(2)22-12-10-21(11-13-22)29-27(34)32-17-6-16-28(37,19-32)26-30-25(24-7-4-5-18-33(24)26)20-8-14-23(15-9-20)38(3,35)36/h4-5,7-15,18,37H,6,16-17,19H2,1-3H3,(H,29,34)/t28-/m1/s1. The van der Waals surface area contributed by atoms with Crippen LogP contribution in [0.5, 0.6) is 0 Å². The smallest absolute Gasteiger partial charge is 0.321 e. The molecule has 0 saturated carbocycles. The van der Waals surface area contributed by atoms with E-state index in [0.717, 1.165) is 46.8 Å². The highest BCUT2D eigenvalue weighted by Crippen LogP contribution is 2.40. The Morgan fingerprint density at radius 1 is 1.05 bits per heavy atom. The van der Waals surface area contributed by atoms with Crippen molar-refractivity contribution in [3.8, 4) is 11.3 Å². The van der Waals surface area contributed by atoms with E-state index >= 15 is 0 Å². The second-order valence-electron chi connectivity index (χ2n) is 9.96. The molecule has 1 saturated heterocycles. The van der Waals surface area contributed by atoms with Gasteiger partial charge in [-0.1, -0.05) is 18.2 Å². The fourth-order valence-electron chi connectivity index (χ4n) is 4.88. The van der Waals surface area contributed by atoms with Gasteiger partial charge in [-0.25, -0.2) is 18.2 Å². The van der Waals surface area contributed by atoms with Crippen molar-refractivity contribution < 1.29 is 13.2 Å². The summed E-state index contributed by atoms with van der Waals surface area (Å²) < 4.78 is 25.2. The molecule has 2 amide bonds. The van der Waals surface area contributed by atoms with E-state index in [-0.39, 0.29) is 10.9 Å². The van der Waals surface area contributed by atoms with Crippen molar-refractivity contribution in [2.45, 2.75) is 22.5 Å². The van der Waals surface area contributed by atoms with E-state index < -0.39 is 14.6 Å². The van der Waals surface area contributed by atoms with Crippen molar-refractivity contribution >= 4 is 45.4 Å². The number of urea groups is 1. The van der Waals surface area contributed by atoms with E-state index in [9.17, 15) is 13.2 Å². The van der Waals surface area contributed by atoms with E-state index in [0.29, 0.717) is 13.1 Å². The van der Waals surface area contributed by atoms with E-state index in [1.54, 1.807) is 29.2 Å². The lowest BCUT2D eigenvalue weighted by Crippen LogP contribution is -2.48. The quantitative estimate of drug-likeness (QED) is 0.345. The number of pyridine rings is 1. The van der Waals surface area contributed by atoms with Gasteiger partial charge in [-0.15, -0.1) is 0 Å². The number of nitrogens with one attached hydrogen (secondary N) is 1. The van der Waals surface area contributed by atoms with Crippen molar-refractivity contribution in [3.63, 3.8) is 0 Å². The van der Waals surface area contributed by atoms with Crippen LogP contribution in [0.1, 0.15) is 18.7 Å². The summed E-state index contributed by atoms with van der Waals surface area (Å²) >= 11 is 5.12. The minimum atomic E-state index is -3.29. The van der Waals surface area contributed by atoms with Gasteiger partial charge in [0.2, 0.25) is 0 Å². The Hall–Kier alpha value is -3.50. The molecule has 1 atom stereocenters. The maximum Gasteiger partial charge on any atom is 0.321 e. The highest BCUT2D eigenvalue weighted by atomic mass is 32.2. The third-order valence-electron chi connectivity index (χ3n) is 6.91. The van der Waals surface area contributed by atoms with E-state index in [1.807, 2.05) is 72.1 Å². The molecule has 0 radical (unpaired) electrons. The zero-order valence-corrected chi connectivity index (χ0v) is 23.3. The Balaban J connectivity index is 1.43. The highest BCUT2D eigenvalue weighted by molar-refractivity contribution is 7.90. The summed E-state index contributed by atoms with van der Waals surface area (Å²) in [6.07, 6.45) is 4.70. The van der Waals surface area contributed by atoms with Gasteiger partial charge in [-0.05, 0) is 61.4 Å². The molecule has 2 aromatic carbocycles. The van der Waals surface area contributed by atoms with Crippen LogP contribution in [0, 0.1) is 0 Å². The van der Waals surface area contributed by atoms with Gasteiger partial charge in [0, 0.05) is 56.6 Å². The number of sulfone groups is 1. The van der Waals surface area contributed by atoms with Crippen LogP contribution >= 0.6 is 12.6 Å². The number of carbonyl (C=O) groups excluding carboxylic acids is 1. The molecule has 1 aliphatic rings. The van der Waals surface area contributed by atoms with E-state index in [2.05, 4.69) is 5.32 Å². The van der Waals surface area contributed by atoms with Crippen molar-refractivity contribution in [1.82, 2.24) is 14.3 Å². The van der Waals surface area contributed by atoms with Crippen LogP contribution in [0.3, 0.4) is 0 Å². The van der Waals surface area contributed by atoms with Crippen LogP contribution in [0.15, 0.2) is 77.8 Å². The number of aromatic nitrogens is 2. The van der Waals surface area contributed by atoms with E-state index in [1.165, 1.54) is 6.26 Å². The van der Waals surface area contributed by atoms with Crippen molar-refractivity contribution in [1.29, 1.82) is 0 Å². The lowest BCUT2D eigenvalue weighted by atomic mass is 9.96. The predicted octanol–water partition coefficient (Wildman–Crippen LogP) is 4.92. The summed E-state index contributed by atoms with van der Waals surface area (Å²) in [5, 5.41) is 3.01. The first-order valence-electron chi connectivity index (χ1n) is 12.4. The molecule has 10 heteroatoms. The molecular weight excluding hydrogens is 518 g/mol. The number of imidazole rings is 1. The second-order valence-corrected chi connectivity index (χ2v) is 12.8. The first-order chi connectivity index (χ1) is 18.0. The topological polar surface area (TPSA) is 87.0 Å². The molecule has 0 unspecified atom stereocenters. The number of hydrogen-bond donors (Lipinski definition) is 2. The Bertz CT molecular complexity index is 1580. The number of anilines is 2. The number of fused-ring (bicyclic) bond motifs is 1. The van der Waals surface area contributed by atoms with Gasteiger partial charge in [0.25, 0.3) is 0 Å². The molecule has 2 aromatic heterocycles. The molecule has 1 aliphatic heterocycles. The van der Waals surface area contributed by atoms with Crippen LogP contribution in [0.4, 0.5) is 16.2 Å². The van der Waals surface area contributed by atoms with Crippen LogP contribution < -0.4 is 10.2 Å². The first kappa shape index (κ1) is 26.1. The molecule has 38 heavy (non-hydrogen) atoms. The van der Waals surface area contributed by atoms with Gasteiger partial charge >= 0.3 is 6.03 Å². The molecule has 1 N–H and O–H groups in total. The average molecular weight is 550 g/mol. The summed E-state index contributed by atoms with van der Waals surface area (Å²) in [7, 11) is 0.658. The van der Waals surface area contributed by atoms with Crippen LogP contribution in [-0.2, 0) is 14.6 Å². The SMILES string of the molecule is CN(C)c1ccc(NC(=O)N2CCC[C@](S)(c3nc(-c4ccc(S(C)(=O)=O)cc4)c4ccccn34)C2)cc1. The fraction of sp³-hybridized carbons (Fsp3) is 0.286. The number of piperidine rings is 1. The van der Waals surface area contributed by atoms with Gasteiger partial charge in [0.15, 0.2) is 9.84 Å². The van der Waals surface area contributed by atoms with Crippen molar-refractivity contribution in [2.24, 2.45) is 0 Å². The predicted molar refractivity (Wildman–Crippen MR) is 155 cm³/mol. The van der Waals surface area contributed by atoms with Gasteiger partial charge in [-0.2, -0.15) is 12.6 Å². The monoisotopic (exact) mass is 549 g/mol. The lowest BCUT2D eigenvalue weighted by molar-refractivity contribution is 0.185. The number of benzene rings is 2. The van der Waals surface area contributed by atoms with E-state index in [4.69, 9.17) is 17.6 Å². The molecule has 0 aliphatic carbocycles. The Kier molecular flexibility index (Phi) is 6.87. The average Bonchev–Trinajstić information content (AvgIpc) is 3.29. The molecule has 8 nitrogen and oxygen atoms in total. The molecule has 198 valence electrons. The lowest BCUT2D eigenvalue weighted by Gasteiger charge is -2.38. The number of carbonyl (C=O) groups is 1. The number of hydrogen-bond acceptors (Lipinski definition) is 6. The summed E-state index contributed by atoms with van der Waals surface area (Å²) in [6, 6.07) is 20.2. The molecule has 5 rings (SSSR count). The molecule has 1 fully saturated rings. The highest BCUT2D eigenvalue weighted by Gasteiger charge is 2.39. The fourth-order valence-corrected chi connectivity index (χ4v) is 5.99. The number of amides is 2. The molecule has 3 heterocycles. The minimum Gasteiger partial charge on any atom is -0.378 e. The molecular formula is C28H31N5O3S2. The third-order valence-corrected chi connectivity index (χ3v) is 8.61. The molecule has 0 bridgehead atoms. The Morgan fingerprint density at radius 2 is 1.76 bits per heavy atom. The van der Waals surface area contributed by atoms with Gasteiger partial charge in [0.1, 0.15) is 5.82 Å². The van der Waals surface area contributed by atoms with Gasteiger partial charge in [0.05, 0.1) is 20.9 Å². The second kappa shape index (κ2) is 9.99. The summed E-state index contributed by atoms with van der Waals surface area (Å²) in [6.45, 7) is 1.03. The van der Waals surface area contributed by atoms with Crippen molar-refractivity contribution in [2.75, 3.05) is 43.7 Å². The maximum atomic E-state index is 13.2. The van der Waals surface area contributed by atoms with Crippen LogP contribution in [0.2, 0.25) is 0 Å². The Morgan fingerprint density at radius 3 is 2.42 bits per heavy atom. The number of rotatable bonds is 5. The molecule has 0 spiro atoms. The zero-order valence-electron chi connectivity index (χ0n) is 21.6. The van der Waals surface area contributed by atoms with Gasteiger partial charge < -0.3 is 19.5 Å². The van der Waals surface area contributed by atoms with Crippen LogP contribution in [0.25, 0.3) is 16.8 Å². The van der Waals surface area contributed by atoms with Crippen LogP contribution in [-0.4, -0.2) is 62.2 Å². The minimum absolute atomic E-state index is 0.168. The maximum absolute atomic E-state index is 13.2. The number of nitrogens with zero attached hydrogens (tertiary/aromatic N) is 4. The summed E-state index contributed by atoms with van der Waals surface area (Å²) in [5.41, 5.74) is 4.25. The normalized spacial score (nSPS) is 17.9. The Labute approximate surface area is 228 Å². The largest absolute Gasteiger partial charge is 0.378 e. The first-order valence-corrected chi connectivity index (χ1v) is 14.7. The molecule has 4 aromatic rings. The third kappa shape index (κ3) is 5.10.